The first-order chi connectivity index (χ1) is 9.25. The van der Waals surface area contributed by atoms with Crippen molar-refractivity contribution in [1.29, 1.82) is 0 Å². The molecular formula is C11H15N2O6S+. The summed E-state index contributed by atoms with van der Waals surface area (Å²) < 4.78 is 1.13. The second-order valence-corrected chi connectivity index (χ2v) is 6.18. The van der Waals surface area contributed by atoms with Gasteiger partial charge in [-0.2, -0.15) is 0 Å². The van der Waals surface area contributed by atoms with Gasteiger partial charge in [0.15, 0.2) is 5.92 Å². The van der Waals surface area contributed by atoms with E-state index in [2.05, 4.69) is 0 Å². The van der Waals surface area contributed by atoms with Crippen LogP contribution in [-0.4, -0.2) is 66.2 Å². The molecule has 2 unspecified atom stereocenters. The van der Waals surface area contributed by atoms with Crippen molar-refractivity contribution in [3.05, 3.63) is 0 Å². The number of carbonyl (C=O) groups excluding carboxylic acids is 1. The molecule has 8 nitrogen and oxygen atoms in total. The average Bonchev–Trinajstić information content (AvgIpc) is 2.63. The number of hydrogen-bond acceptors (Lipinski definition) is 6. The van der Waals surface area contributed by atoms with Crippen molar-refractivity contribution in [2.75, 3.05) is 0 Å². The minimum atomic E-state index is -1.26. The standard InChI is InChI=1S/C11H14N2O6S/c1-3(14)6-8(15)13-7(11(18)19)5(20-9(6)13)2-4(12)10(16)17/h3-6,9,14H,2,12H2,1H3,(H-,16,17,18,19)/p+1/t3?,4-,5?,6+,9-/m1/s1. The fourth-order valence-corrected chi connectivity index (χ4v) is 4.31. The third kappa shape index (κ3) is 2.21. The van der Waals surface area contributed by atoms with Gasteiger partial charge in [-0.05, 0) is 13.3 Å². The van der Waals surface area contributed by atoms with Gasteiger partial charge in [-0.25, -0.2) is 9.59 Å². The molecule has 20 heavy (non-hydrogen) atoms. The van der Waals surface area contributed by atoms with Crippen molar-refractivity contribution >= 4 is 35.3 Å². The highest BCUT2D eigenvalue weighted by Crippen LogP contribution is 2.43. The number of hydrogen-bond donors (Lipinski definition) is 4. The van der Waals surface area contributed by atoms with Crippen LogP contribution in [0.3, 0.4) is 0 Å². The Morgan fingerprint density at radius 3 is 2.50 bits per heavy atom. The van der Waals surface area contributed by atoms with Gasteiger partial charge >= 0.3 is 17.8 Å². The molecule has 0 spiro atoms. The molecule has 2 aliphatic heterocycles. The van der Waals surface area contributed by atoms with E-state index < -0.39 is 46.5 Å². The van der Waals surface area contributed by atoms with Gasteiger partial charge < -0.3 is 21.1 Å². The average molecular weight is 303 g/mol. The van der Waals surface area contributed by atoms with Crippen LogP contribution in [0.2, 0.25) is 0 Å². The van der Waals surface area contributed by atoms with Crippen LogP contribution in [0.15, 0.2) is 0 Å². The molecule has 0 radical (unpaired) electrons. The molecule has 110 valence electrons. The zero-order chi connectivity index (χ0) is 15.2. The Bertz CT molecular complexity index is 517. The van der Waals surface area contributed by atoms with Crippen LogP contribution < -0.4 is 5.73 Å². The first-order valence-corrected chi connectivity index (χ1v) is 6.95. The van der Waals surface area contributed by atoms with Gasteiger partial charge in [0.1, 0.15) is 11.3 Å². The summed E-state index contributed by atoms with van der Waals surface area (Å²) in [6.07, 6.45) is -0.952. The molecule has 0 aliphatic carbocycles. The quantitative estimate of drug-likeness (QED) is 0.348. The number of rotatable bonds is 5. The molecule has 1 amide bonds. The van der Waals surface area contributed by atoms with Gasteiger partial charge in [-0.1, -0.05) is 11.8 Å². The molecule has 1 fully saturated rings. The fourth-order valence-electron chi connectivity index (χ4n) is 2.46. The highest BCUT2D eigenvalue weighted by Gasteiger charge is 2.65. The van der Waals surface area contributed by atoms with Crippen molar-refractivity contribution in [3.8, 4) is 0 Å². The number of nitrogens with zero attached hydrogens (tertiary/aromatic N) is 1. The topological polar surface area (TPSA) is 141 Å². The first kappa shape index (κ1) is 14.9. The monoisotopic (exact) mass is 303 g/mol. The molecule has 0 aromatic carbocycles. The van der Waals surface area contributed by atoms with Crippen molar-refractivity contribution in [2.45, 2.75) is 36.1 Å². The zero-order valence-electron chi connectivity index (χ0n) is 10.6. The maximum absolute atomic E-state index is 11.9. The molecule has 5 N–H and O–H groups in total. The predicted molar refractivity (Wildman–Crippen MR) is 68.5 cm³/mol. The van der Waals surface area contributed by atoms with E-state index in [1.165, 1.54) is 18.7 Å². The molecule has 0 bridgehead atoms. The lowest BCUT2D eigenvalue weighted by Gasteiger charge is -2.28. The Kier molecular flexibility index (Phi) is 3.85. The Morgan fingerprint density at radius 2 is 2.05 bits per heavy atom. The van der Waals surface area contributed by atoms with Gasteiger partial charge in [0, 0.05) is 0 Å². The number of aliphatic carboxylic acids is 2. The number of carboxylic acid groups (broad SMARTS) is 2. The SMILES string of the molecule is CC(O)[C@H]1C(=O)[N+]2=C(C(=O)O)C(C[C@@H](N)C(=O)O)S[C@H]12. The Labute approximate surface area is 118 Å². The minimum absolute atomic E-state index is 0.0750. The highest BCUT2D eigenvalue weighted by molar-refractivity contribution is 8.01. The second-order valence-electron chi connectivity index (χ2n) is 4.86. The van der Waals surface area contributed by atoms with Crippen LogP contribution in [0.1, 0.15) is 13.3 Å². The lowest BCUT2D eigenvalue weighted by Crippen LogP contribution is -2.57. The number of carboxylic acids is 2. The van der Waals surface area contributed by atoms with E-state index >= 15 is 0 Å². The summed E-state index contributed by atoms with van der Waals surface area (Å²) in [4.78, 5) is 33.9. The maximum Gasteiger partial charge on any atom is 0.401 e. The normalized spacial score (nSPS) is 31.6. The third-order valence-corrected chi connectivity index (χ3v) is 5.00. The summed E-state index contributed by atoms with van der Waals surface area (Å²) in [5, 5.41) is 26.4. The lowest BCUT2D eigenvalue weighted by atomic mass is 9.93. The fraction of sp³-hybridized carbons (Fsp3) is 0.636. The smallest absolute Gasteiger partial charge is 0.401 e. The molecule has 1 saturated heterocycles. The Balaban J connectivity index is 2.26. The van der Waals surface area contributed by atoms with E-state index in [4.69, 9.17) is 10.8 Å². The molecule has 2 rings (SSSR count). The second kappa shape index (κ2) is 5.15. The Morgan fingerprint density at radius 1 is 1.45 bits per heavy atom. The number of carbonyl (C=O) groups is 3. The summed E-state index contributed by atoms with van der Waals surface area (Å²) in [5.74, 6) is -3.58. The van der Waals surface area contributed by atoms with Gasteiger partial charge in [-0.3, -0.25) is 4.79 Å². The summed E-state index contributed by atoms with van der Waals surface area (Å²) in [6, 6.07) is -1.19. The number of amides is 1. The Hall–Kier alpha value is -1.45. The highest BCUT2D eigenvalue weighted by atomic mass is 32.2. The molecule has 2 heterocycles. The maximum atomic E-state index is 11.9. The number of aliphatic hydroxyl groups is 1. The van der Waals surface area contributed by atoms with Crippen LogP contribution >= 0.6 is 11.8 Å². The number of nitrogens with two attached hydrogens (primary N) is 1. The largest absolute Gasteiger partial charge is 0.480 e. The van der Waals surface area contributed by atoms with Gasteiger partial charge in [0.05, 0.1) is 6.10 Å². The van der Waals surface area contributed by atoms with E-state index in [9.17, 15) is 24.6 Å². The van der Waals surface area contributed by atoms with E-state index in [1.54, 1.807) is 0 Å². The van der Waals surface area contributed by atoms with E-state index in [1.807, 2.05) is 0 Å². The lowest BCUT2D eigenvalue weighted by molar-refractivity contribution is -0.522. The van der Waals surface area contributed by atoms with Gasteiger partial charge in [0.2, 0.25) is 5.37 Å². The van der Waals surface area contributed by atoms with Gasteiger partial charge in [-0.15, -0.1) is 4.58 Å². The zero-order valence-corrected chi connectivity index (χ0v) is 11.4. The molecule has 0 aromatic rings. The molecular weight excluding hydrogens is 288 g/mol. The molecule has 9 heteroatoms. The number of β-lactam (4-membered cyclic amide) rings is 1. The molecule has 5 atom stereocenters. The van der Waals surface area contributed by atoms with Crippen molar-refractivity contribution in [1.82, 2.24) is 0 Å². The van der Waals surface area contributed by atoms with Crippen LogP contribution in [-0.2, 0) is 14.4 Å². The third-order valence-electron chi connectivity index (χ3n) is 3.48. The van der Waals surface area contributed by atoms with Crippen LogP contribution in [0.25, 0.3) is 0 Å². The first-order valence-electron chi connectivity index (χ1n) is 6.00. The van der Waals surface area contributed by atoms with E-state index in [-0.39, 0.29) is 12.1 Å². The minimum Gasteiger partial charge on any atom is -0.480 e. The molecule has 0 aromatic heterocycles. The van der Waals surface area contributed by atoms with Crippen molar-refractivity contribution < 1.29 is 34.3 Å². The summed E-state index contributed by atoms with van der Waals surface area (Å²) in [6.45, 7) is 1.47. The van der Waals surface area contributed by atoms with Crippen LogP contribution in [0, 0.1) is 5.92 Å². The predicted octanol–water partition coefficient (Wildman–Crippen LogP) is -1.69. The van der Waals surface area contributed by atoms with Crippen LogP contribution in [0.4, 0.5) is 0 Å². The van der Waals surface area contributed by atoms with Gasteiger partial charge in [0.25, 0.3) is 5.71 Å². The summed E-state index contributed by atoms with van der Waals surface area (Å²) in [5.41, 5.74) is 5.29. The molecule has 2 aliphatic rings. The van der Waals surface area contributed by atoms with Crippen molar-refractivity contribution in [2.24, 2.45) is 11.7 Å². The summed E-state index contributed by atoms with van der Waals surface area (Å²) >= 11 is 1.17. The van der Waals surface area contributed by atoms with Crippen molar-refractivity contribution in [3.63, 3.8) is 0 Å². The van der Waals surface area contributed by atoms with E-state index in [0.29, 0.717) is 0 Å². The number of aliphatic hydroxyl groups excluding tert-OH is 1. The summed E-state index contributed by atoms with van der Waals surface area (Å²) in [7, 11) is 0. The number of thioether (sulfide) groups is 1. The molecule has 0 saturated carbocycles. The number of fused-ring (bicyclic) bond motifs is 1. The van der Waals surface area contributed by atoms with E-state index in [0.717, 1.165) is 4.58 Å². The van der Waals surface area contributed by atoms with Crippen LogP contribution in [0.5, 0.6) is 0 Å².